The first-order chi connectivity index (χ1) is 31.2. The predicted molar refractivity (Wildman–Crippen MR) is 244 cm³/mol. The third-order valence-electron chi connectivity index (χ3n) is 9.42. The van der Waals surface area contributed by atoms with Crippen molar-refractivity contribution in [3.05, 3.63) is 143 Å². The van der Waals surface area contributed by atoms with Crippen LogP contribution in [0.1, 0.15) is 43.2 Å². The summed E-state index contributed by atoms with van der Waals surface area (Å²) in [5.41, 5.74) is 8.61. The van der Waals surface area contributed by atoms with Gasteiger partial charge in [0.15, 0.2) is 11.5 Å². The van der Waals surface area contributed by atoms with E-state index in [0.717, 1.165) is 32.3 Å². The third kappa shape index (κ3) is 10.7. The molecule has 64 heavy (non-hydrogen) atoms. The topological polar surface area (TPSA) is 198 Å². The van der Waals surface area contributed by atoms with Gasteiger partial charge in [0.2, 0.25) is 0 Å². The molecule has 0 saturated carbocycles. The summed E-state index contributed by atoms with van der Waals surface area (Å²) in [5.74, 6) is 1.27. The van der Waals surface area contributed by atoms with Crippen LogP contribution in [-0.4, -0.2) is 80.1 Å². The number of rotatable bonds is 14. The number of thiazole rings is 2. The molecule has 8 rings (SSSR count). The highest BCUT2D eigenvalue weighted by Crippen LogP contribution is 2.31. The number of carbonyl (C=O) groups excluding carboxylic acids is 2. The number of carbonyl (C=O) groups is 2. The van der Waals surface area contributed by atoms with Crippen LogP contribution in [0.25, 0.3) is 43.7 Å². The van der Waals surface area contributed by atoms with Crippen molar-refractivity contribution < 1.29 is 28.5 Å². The molecule has 2 N–H and O–H groups in total. The highest BCUT2D eigenvalue weighted by molar-refractivity contribution is 7.13. The Balaban J connectivity index is 0.000000191. The molecular formula is C46H42N10O6S2. The molecule has 8 aromatic heterocycles. The number of amides is 2. The Labute approximate surface area is 376 Å². The van der Waals surface area contributed by atoms with Crippen molar-refractivity contribution in [1.29, 1.82) is 0 Å². The zero-order valence-corrected chi connectivity index (χ0v) is 37.3. The number of methoxy groups -OCH3 is 4. The van der Waals surface area contributed by atoms with E-state index in [2.05, 4.69) is 50.5 Å². The monoisotopic (exact) mass is 894 g/mol. The maximum Gasteiger partial charge on any atom is 0.257 e. The van der Waals surface area contributed by atoms with E-state index in [1.54, 1.807) is 100 Å². The van der Waals surface area contributed by atoms with Gasteiger partial charge in [-0.3, -0.25) is 29.5 Å². The molecule has 16 nitrogen and oxygen atoms in total. The van der Waals surface area contributed by atoms with Crippen LogP contribution in [-0.2, 0) is 13.1 Å². The molecule has 0 aliphatic rings. The van der Waals surface area contributed by atoms with Crippen molar-refractivity contribution in [2.24, 2.45) is 0 Å². The number of nitrogens with zero attached hydrogens (tertiary/aromatic N) is 8. The summed E-state index contributed by atoms with van der Waals surface area (Å²) in [6, 6.07) is 14.6. The minimum atomic E-state index is -0.254. The van der Waals surface area contributed by atoms with Crippen molar-refractivity contribution in [3.63, 3.8) is 0 Å². The Hall–Kier alpha value is -7.70. The Morgan fingerprint density at radius 1 is 0.547 bits per heavy atom. The number of hydrogen-bond acceptors (Lipinski definition) is 16. The maximum atomic E-state index is 13.2. The van der Waals surface area contributed by atoms with E-state index in [9.17, 15) is 9.59 Å². The second-order valence-corrected chi connectivity index (χ2v) is 15.6. The van der Waals surface area contributed by atoms with Gasteiger partial charge in [0.25, 0.3) is 23.6 Å². The summed E-state index contributed by atoms with van der Waals surface area (Å²) in [6.07, 6.45) is 13.8. The summed E-state index contributed by atoms with van der Waals surface area (Å²) in [6.45, 7) is 4.37. The van der Waals surface area contributed by atoms with Gasteiger partial charge in [0.1, 0.15) is 10.0 Å². The molecular weight excluding hydrogens is 853 g/mol. The highest BCUT2D eigenvalue weighted by atomic mass is 32.1. The van der Waals surface area contributed by atoms with E-state index in [4.69, 9.17) is 18.9 Å². The Kier molecular flexibility index (Phi) is 14.5. The van der Waals surface area contributed by atoms with Crippen molar-refractivity contribution in [2.75, 3.05) is 28.4 Å². The molecule has 0 bridgehead atoms. The molecule has 8 aromatic rings. The smallest absolute Gasteiger partial charge is 0.257 e. The molecule has 0 saturated heterocycles. The van der Waals surface area contributed by atoms with Crippen molar-refractivity contribution >= 4 is 34.5 Å². The molecule has 0 unspecified atom stereocenters. The van der Waals surface area contributed by atoms with Crippen LogP contribution < -0.4 is 29.6 Å². The zero-order chi connectivity index (χ0) is 45.0. The van der Waals surface area contributed by atoms with E-state index in [-0.39, 0.29) is 24.9 Å². The molecule has 0 atom stereocenters. The van der Waals surface area contributed by atoms with E-state index >= 15 is 0 Å². The molecule has 8 heterocycles. The van der Waals surface area contributed by atoms with Crippen LogP contribution in [0.5, 0.6) is 23.3 Å². The lowest BCUT2D eigenvalue weighted by Crippen LogP contribution is -2.24. The molecule has 0 fully saturated rings. The summed E-state index contributed by atoms with van der Waals surface area (Å²) >= 11 is 2.90. The summed E-state index contributed by atoms with van der Waals surface area (Å²) in [4.78, 5) is 61.4. The average Bonchev–Trinajstić information content (AvgIpc) is 4.09. The average molecular weight is 895 g/mol. The van der Waals surface area contributed by atoms with Crippen molar-refractivity contribution in [3.8, 4) is 66.9 Å². The fourth-order valence-electron chi connectivity index (χ4n) is 6.31. The number of nitrogens with one attached hydrogen (secondary N) is 2. The maximum absolute atomic E-state index is 13.2. The molecule has 18 heteroatoms. The van der Waals surface area contributed by atoms with Crippen LogP contribution in [0.2, 0.25) is 0 Å². The van der Waals surface area contributed by atoms with E-state index < -0.39 is 0 Å². The molecule has 0 radical (unpaired) electrons. The first-order valence-corrected chi connectivity index (χ1v) is 21.3. The normalized spacial score (nSPS) is 10.6. The molecule has 0 spiro atoms. The Bertz CT molecular complexity index is 2680. The lowest BCUT2D eigenvalue weighted by atomic mass is 10.0. The zero-order valence-electron chi connectivity index (χ0n) is 35.7. The van der Waals surface area contributed by atoms with Gasteiger partial charge in [-0.1, -0.05) is 0 Å². The summed E-state index contributed by atoms with van der Waals surface area (Å²) in [7, 11) is 6.14. The lowest BCUT2D eigenvalue weighted by molar-refractivity contribution is 0.0943. The Morgan fingerprint density at radius 2 is 0.984 bits per heavy atom. The number of pyridine rings is 6. The van der Waals surface area contributed by atoms with Crippen molar-refractivity contribution in [2.45, 2.75) is 26.9 Å². The Morgan fingerprint density at radius 3 is 1.34 bits per heavy atom. The van der Waals surface area contributed by atoms with E-state index in [1.165, 1.54) is 36.9 Å². The van der Waals surface area contributed by atoms with E-state index in [1.807, 2.05) is 36.7 Å². The van der Waals surface area contributed by atoms with Crippen LogP contribution in [0.4, 0.5) is 0 Å². The number of aryl methyl sites for hydroxylation is 2. The summed E-state index contributed by atoms with van der Waals surface area (Å²) in [5, 5.41) is 11.0. The van der Waals surface area contributed by atoms with Crippen LogP contribution in [0.15, 0.2) is 109 Å². The van der Waals surface area contributed by atoms with Gasteiger partial charge >= 0.3 is 0 Å². The van der Waals surface area contributed by atoms with Gasteiger partial charge in [0, 0.05) is 82.6 Å². The highest BCUT2D eigenvalue weighted by Gasteiger charge is 2.20. The van der Waals surface area contributed by atoms with Crippen molar-refractivity contribution in [1.82, 2.24) is 50.5 Å². The fourth-order valence-corrected chi connectivity index (χ4v) is 7.63. The minimum absolute atomic E-state index is 0.222. The quantitative estimate of drug-likeness (QED) is 0.107. The standard InChI is InChI=1S/2C23H21N5O3S/c2*1-14-8-15(11-24-10-14)19-9-17(18(13-26-19)23-25-6-7-32-23)21(29)27-12-16-4-5-20(30-2)22(28-16)31-3/h2*4-11,13H,12H2,1-3H3,(H,27,29). The first-order valence-electron chi connectivity index (χ1n) is 19.5. The largest absolute Gasteiger partial charge is 0.491 e. The van der Waals surface area contributed by atoms with Crippen LogP contribution >= 0.6 is 22.7 Å². The third-order valence-corrected chi connectivity index (χ3v) is 11.0. The molecule has 0 aromatic carbocycles. The van der Waals surface area contributed by atoms with Gasteiger partial charge < -0.3 is 29.6 Å². The molecule has 324 valence electrons. The van der Waals surface area contributed by atoms with Gasteiger partial charge in [-0.05, 0) is 73.5 Å². The second-order valence-electron chi connectivity index (χ2n) is 13.8. The predicted octanol–water partition coefficient (Wildman–Crippen LogP) is 7.84. The lowest BCUT2D eigenvalue weighted by Gasteiger charge is -2.12. The van der Waals surface area contributed by atoms with Gasteiger partial charge in [-0.25, -0.2) is 19.9 Å². The number of hydrogen-bond donors (Lipinski definition) is 2. The van der Waals surface area contributed by atoms with Crippen LogP contribution in [0, 0.1) is 13.8 Å². The second kappa shape index (κ2) is 20.9. The first kappa shape index (κ1) is 44.4. The van der Waals surface area contributed by atoms with E-state index in [0.29, 0.717) is 68.3 Å². The minimum Gasteiger partial charge on any atom is -0.491 e. The molecule has 0 aliphatic heterocycles. The van der Waals surface area contributed by atoms with Gasteiger partial charge in [-0.15, -0.1) is 22.7 Å². The van der Waals surface area contributed by atoms with Crippen LogP contribution in [0.3, 0.4) is 0 Å². The summed E-state index contributed by atoms with van der Waals surface area (Å²) < 4.78 is 20.9. The van der Waals surface area contributed by atoms with Gasteiger partial charge in [0.05, 0.1) is 75.4 Å². The number of aromatic nitrogens is 8. The molecule has 0 aliphatic carbocycles. The molecule has 2 amide bonds. The number of ether oxygens (including phenoxy) is 4. The SMILES string of the molecule is COc1ccc(CNC(=O)c2cc(-c3cncc(C)c3)ncc2-c2nccs2)nc1OC.COc1ccc(CNC(=O)c2cc(-c3cncc(C)c3)ncc2-c2nccs2)nc1OC. The van der Waals surface area contributed by atoms with Gasteiger partial charge in [-0.2, -0.15) is 0 Å². The fraction of sp³-hybridized carbons (Fsp3) is 0.174.